The van der Waals surface area contributed by atoms with Crippen LogP contribution in [0.2, 0.25) is 5.02 Å². The zero-order valence-electron chi connectivity index (χ0n) is 19.7. The Morgan fingerprint density at radius 1 is 1.25 bits per heavy atom. The average Bonchev–Trinajstić information content (AvgIpc) is 3.38. The highest BCUT2D eigenvalue weighted by Gasteiger charge is 2.20. The highest BCUT2D eigenvalue weighted by Crippen LogP contribution is 2.31. The first-order chi connectivity index (χ1) is 17.3. The van der Waals surface area contributed by atoms with Gasteiger partial charge < -0.3 is 26.7 Å². The summed E-state index contributed by atoms with van der Waals surface area (Å²) in [6, 6.07) is 15.7. The van der Waals surface area contributed by atoms with Crippen molar-refractivity contribution in [2.75, 3.05) is 18.9 Å². The summed E-state index contributed by atoms with van der Waals surface area (Å²) in [6.07, 6.45) is 1.75. The molecule has 1 fully saturated rings. The lowest BCUT2D eigenvalue weighted by Crippen LogP contribution is -2.30. The van der Waals surface area contributed by atoms with Crippen molar-refractivity contribution in [3.05, 3.63) is 81.9 Å². The fourth-order valence-electron chi connectivity index (χ4n) is 4.10. The lowest BCUT2D eigenvalue weighted by molar-refractivity contribution is -0.120. The van der Waals surface area contributed by atoms with Gasteiger partial charge in [0.2, 0.25) is 5.91 Å². The Morgan fingerprint density at radius 3 is 2.69 bits per heavy atom. The van der Waals surface area contributed by atoms with E-state index in [0.29, 0.717) is 46.2 Å². The molecule has 1 saturated heterocycles. The molecule has 0 radical (unpaired) electrons. The summed E-state index contributed by atoms with van der Waals surface area (Å²) < 4.78 is 6.54. The van der Waals surface area contributed by atoms with Gasteiger partial charge in [-0.1, -0.05) is 48.0 Å². The Balaban J connectivity index is 1.62. The van der Waals surface area contributed by atoms with Gasteiger partial charge in [-0.25, -0.2) is 0 Å². The van der Waals surface area contributed by atoms with Gasteiger partial charge in [0.1, 0.15) is 5.84 Å². The zero-order chi connectivity index (χ0) is 25.7. The molecule has 188 valence electrons. The zero-order valence-corrected chi connectivity index (χ0v) is 20.5. The summed E-state index contributed by atoms with van der Waals surface area (Å²) in [5, 5.41) is 21.8. The number of amides is 1. The Hall–Kier alpha value is -3.82. The highest BCUT2D eigenvalue weighted by molar-refractivity contribution is 6.33. The van der Waals surface area contributed by atoms with Crippen LogP contribution in [0, 0.1) is 5.41 Å². The van der Waals surface area contributed by atoms with Crippen LogP contribution < -0.4 is 22.3 Å². The molecule has 0 aliphatic carbocycles. The van der Waals surface area contributed by atoms with Gasteiger partial charge >= 0.3 is 0 Å². The first-order valence-electron chi connectivity index (χ1n) is 11.6. The number of ether oxygens (including phenoxy) is 1. The largest absolute Gasteiger partial charge is 0.427 e. The van der Waals surface area contributed by atoms with E-state index in [2.05, 4.69) is 10.3 Å². The molecule has 4 rings (SSSR count). The molecular weight excluding hydrogens is 480 g/mol. The summed E-state index contributed by atoms with van der Waals surface area (Å²) in [5.74, 6) is -0.334. The molecule has 2 heterocycles. The maximum absolute atomic E-state index is 12.9. The summed E-state index contributed by atoms with van der Waals surface area (Å²) in [7, 11) is 0. The third-order valence-electron chi connectivity index (χ3n) is 5.99. The predicted molar refractivity (Wildman–Crippen MR) is 139 cm³/mol. The third-order valence-corrected chi connectivity index (χ3v) is 6.29. The molecular formula is C26H29ClN6O3. The van der Waals surface area contributed by atoms with Crippen LogP contribution in [-0.2, 0) is 22.5 Å². The van der Waals surface area contributed by atoms with E-state index < -0.39 is 0 Å². The fraction of sp³-hybridized carbons (Fsp3) is 0.269. The first-order valence-corrected chi connectivity index (χ1v) is 12.0. The second-order valence-electron chi connectivity index (χ2n) is 8.65. The lowest BCUT2D eigenvalue weighted by atomic mass is 10.0. The molecule has 9 nitrogen and oxygen atoms in total. The number of hydrogen-bond donors (Lipinski definition) is 5. The molecule has 1 unspecified atom stereocenters. The Morgan fingerprint density at radius 2 is 2.03 bits per heavy atom. The minimum atomic E-state index is -0.314. The Bertz CT molecular complexity index is 1330. The van der Waals surface area contributed by atoms with Crippen LogP contribution in [0.15, 0.2) is 59.6 Å². The van der Waals surface area contributed by atoms with Crippen molar-refractivity contribution >= 4 is 29.0 Å². The van der Waals surface area contributed by atoms with Crippen molar-refractivity contribution in [1.82, 2.24) is 10.0 Å². The van der Waals surface area contributed by atoms with E-state index in [1.807, 2.05) is 6.07 Å². The van der Waals surface area contributed by atoms with Crippen LogP contribution >= 0.6 is 11.6 Å². The topological polar surface area (TPSA) is 152 Å². The molecule has 0 bridgehead atoms. The van der Waals surface area contributed by atoms with Crippen molar-refractivity contribution in [2.45, 2.75) is 31.9 Å². The standard InChI is InChI=1S/C26H29ClN6O3/c27-21-12-23(31-15-20-5-2-10-36-20)33(35)22(25(21)18-3-1-4-19(28)11-18)13-24(34)32-14-16-6-8-17(9-7-16)26(29)30/h1,3-4,6-9,11-12,20,35H,2,5,10,13-15,28H2,(H3,29,30)(H,32,34). The second kappa shape index (κ2) is 11.3. The third kappa shape index (κ3) is 6.05. The van der Waals surface area contributed by atoms with Gasteiger partial charge in [-0.2, -0.15) is 4.73 Å². The number of rotatable bonds is 8. The summed E-state index contributed by atoms with van der Waals surface area (Å²) in [4.78, 5) is 17.4. The van der Waals surface area contributed by atoms with Crippen molar-refractivity contribution in [2.24, 2.45) is 10.7 Å². The van der Waals surface area contributed by atoms with E-state index in [4.69, 9.17) is 33.2 Å². The summed E-state index contributed by atoms with van der Waals surface area (Å²) in [5.41, 5.74) is 15.2. The number of pyridine rings is 1. The van der Waals surface area contributed by atoms with Crippen molar-refractivity contribution < 1.29 is 14.7 Å². The number of nitrogens with one attached hydrogen (secondary N) is 2. The molecule has 0 saturated carbocycles. The monoisotopic (exact) mass is 508 g/mol. The minimum Gasteiger partial charge on any atom is -0.427 e. The quantitative estimate of drug-likeness (QED) is 0.137. The van der Waals surface area contributed by atoms with Gasteiger partial charge in [-0.15, -0.1) is 0 Å². The molecule has 36 heavy (non-hydrogen) atoms. The Kier molecular flexibility index (Phi) is 7.92. The number of nitrogens with two attached hydrogens (primary N) is 2. The molecule has 1 aromatic heterocycles. The number of aromatic nitrogens is 1. The molecule has 3 aromatic rings. The smallest absolute Gasteiger partial charge is 0.226 e. The van der Waals surface area contributed by atoms with Gasteiger partial charge in [0.15, 0.2) is 5.49 Å². The normalized spacial score (nSPS) is 15.7. The SMILES string of the molecule is N=C(N)c1ccc(CNC(=O)Cc2c(-c3cccc(N)c3)c(Cl)cc(=NCC3CCCO3)n2O)cc1. The number of benzene rings is 2. The van der Waals surface area contributed by atoms with Crippen molar-refractivity contribution in [3.8, 4) is 11.1 Å². The van der Waals surface area contributed by atoms with E-state index in [1.54, 1.807) is 48.5 Å². The summed E-state index contributed by atoms with van der Waals surface area (Å²) >= 11 is 6.67. The van der Waals surface area contributed by atoms with Gasteiger partial charge in [0.25, 0.3) is 0 Å². The van der Waals surface area contributed by atoms with Crippen LogP contribution in [0.4, 0.5) is 5.69 Å². The number of amidine groups is 1. The van der Waals surface area contributed by atoms with Crippen molar-refractivity contribution in [1.29, 1.82) is 5.41 Å². The summed E-state index contributed by atoms with van der Waals surface area (Å²) in [6.45, 7) is 1.36. The molecule has 2 aromatic carbocycles. The molecule has 10 heteroatoms. The highest BCUT2D eigenvalue weighted by atomic mass is 35.5. The number of nitrogens with zero attached hydrogens (tertiary/aromatic N) is 2. The molecule has 7 N–H and O–H groups in total. The van der Waals surface area contributed by atoms with E-state index in [1.165, 1.54) is 0 Å². The maximum Gasteiger partial charge on any atom is 0.226 e. The average molecular weight is 509 g/mol. The molecule has 1 atom stereocenters. The molecule has 1 amide bonds. The van der Waals surface area contributed by atoms with E-state index in [-0.39, 0.29) is 36.3 Å². The molecule has 1 aliphatic heterocycles. The first kappa shape index (κ1) is 25.3. The number of nitrogen functional groups attached to an aromatic ring is 2. The minimum absolute atomic E-state index is 0.00138. The van der Waals surface area contributed by atoms with Crippen LogP contribution in [-0.4, -0.2) is 40.9 Å². The van der Waals surface area contributed by atoms with Crippen molar-refractivity contribution in [3.63, 3.8) is 0 Å². The van der Waals surface area contributed by atoms with Gasteiger partial charge in [0, 0.05) is 36.0 Å². The van der Waals surface area contributed by atoms with Gasteiger partial charge in [0.05, 0.1) is 29.8 Å². The van der Waals surface area contributed by atoms with Crippen LogP contribution in [0.5, 0.6) is 0 Å². The second-order valence-corrected chi connectivity index (χ2v) is 9.06. The lowest BCUT2D eigenvalue weighted by Gasteiger charge is -2.17. The molecule has 1 aliphatic rings. The molecule has 0 spiro atoms. The van der Waals surface area contributed by atoms with E-state index >= 15 is 0 Å². The number of anilines is 1. The van der Waals surface area contributed by atoms with Gasteiger partial charge in [-0.3, -0.25) is 15.2 Å². The van der Waals surface area contributed by atoms with Gasteiger partial charge in [-0.05, 0) is 36.1 Å². The number of carbonyl (C=O) groups excluding carboxylic acids is 1. The van der Waals surface area contributed by atoms with Crippen LogP contribution in [0.25, 0.3) is 11.1 Å². The number of carbonyl (C=O) groups is 1. The van der Waals surface area contributed by atoms with Crippen LogP contribution in [0.3, 0.4) is 0 Å². The number of halogens is 1. The Labute approximate surface area is 213 Å². The van der Waals surface area contributed by atoms with Crippen LogP contribution in [0.1, 0.15) is 29.7 Å². The van der Waals surface area contributed by atoms with E-state index in [9.17, 15) is 10.0 Å². The predicted octanol–water partition coefficient (Wildman–Crippen LogP) is 2.85. The maximum atomic E-state index is 12.9. The van der Waals surface area contributed by atoms with E-state index in [0.717, 1.165) is 23.1 Å². The number of hydrogen-bond acceptors (Lipinski definition) is 6. The fourth-order valence-corrected chi connectivity index (χ4v) is 4.42.